The number of aliphatic hydroxyl groups excluding tert-OH is 1. The normalized spacial score (nSPS) is 16.6. The van der Waals surface area contributed by atoms with Gasteiger partial charge in [0.25, 0.3) is 5.91 Å². The summed E-state index contributed by atoms with van der Waals surface area (Å²) in [5.74, 6) is 0.113. The van der Waals surface area contributed by atoms with Crippen LogP contribution >= 0.6 is 23.2 Å². The van der Waals surface area contributed by atoms with Crippen LogP contribution in [0.3, 0.4) is 0 Å². The fourth-order valence-corrected chi connectivity index (χ4v) is 6.15. The number of hydrogen-bond donors (Lipinski definition) is 2. The lowest BCUT2D eigenvalue weighted by atomic mass is 9.98. The number of aryl methyl sites for hydroxylation is 1. The molecule has 10 heteroatoms. The number of hydrogen-bond acceptors (Lipinski definition) is 7. The number of nitrogens with zero attached hydrogens (tertiary/aromatic N) is 3. The van der Waals surface area contributed by atoms with E-state index < -0.39 is 5.91 Å². The number of ether oxygens (including phenoxy) is 1. The average Bonchev–Trinajstić information content (AvgIpc) is 3.40. The molecule has 1 unspecified atom stereocenters. The third-order valence-corrected chi connectivity index (χ3v) is 8.44. The van der Waals surface area contributed by atoms with Gasteiger partial charge >= 0.3 is 0 Å². The van der Waals surface area contributed by atoms with E-state index in [1.54, 1.807) is 19.2 Å². The van der Waals surface area contributed by atoms with Crippen LogP contribution < -0.4 is 10.1 Å². The third-order valence-electron chi connectivity index (χ3n) is 7.62. The Morgan fingerprint density at radius 2 is 1.80 bits per heavy atom. The van der Waals surface area contributed by atoms with Gasteiger partial charge in [-0.3, -0.25) is 19.5 Å². The van der Waals surface area contributed by atoms with Gasteiger partial charge in [0.15, 0.2) is 6.29 Å². The second-order valence-corrected chi connectivity index (χ2v) is 10.9. The van der Waals surface area contributed by atoms with Crippen LogP contribution in [0.5, 0.6) is 5.88 Å². The molecule has 1 saturated heterocycles. The molecule has 2 aromatic heterocycles. The number of fused-ring (bicyclic) bond motifs is 1. The highest BCUT2D eigenvalue weighted by atomic mass is 35.5. The van der Waals surface area contributed by atoms with Crippen molar-refractivity contribution in [3.05, 3.63) is 93.2 Å². The Kier molecular flexibility index (Phi) is 7.48. The van der Waals surface area contributed by atoms with Crippen LogP contribution in [-0.2, 0) is 6.42 Å². The first kappa shape index (κ1) is 27.4. The zero-order valence-corrected chi connectivity index (χ0v) is 23.6. The first-order chi connectivity index (χ1) is 19.9. The number of pyridine rings is 2. The van der Waals surface area contributed by atoms with Gasteiger partial charge in [-0.1, -0.05) is 53.5 Å². The topological polar surface area (TPSA) is 105 Å². The molecule has 8 nitrogen and oxygen atoms in total. The number of aldehydes is 1. The molecule has 0 spiro atoms. The minimum Gasteiger partial charge on any atom is -0.481 e. The second-order valence-electron chi connectivity index (χ2n) is 10.1. The lowest BCUT2D eigenvalue weighted by Crippen LogP contribution is -2.51. The fraction of sp³-hybridized carbons (Fsp3) is 0.226. The standard InChI is InChI=1S/C31H26Cl2N4O4/c1-41-31-27-18(9-11-26(27)37-14-19(39)15-37)12-25(36-31)22-6-2-4-20(28(22)32)21-5-3-7-23(29(21)33)35-30(40)24-10-8-17(16-38)13-34-24/h2-8,10,12-13,16,19,26,39H,9,11,14-15H2,1H3,(H,35,40). The van der Waals surface area contributed by atoms with Crippen molar-refractivity contribution in [2.24, 2.45) is 0 Å². The molecule has 1 fully saturated rings. The summed E-state index contributed by atoms with van der Waals surface area (Å²) in [6, 6.07) is 16.2. The van der Waals surface area contributed by atoms with Gasteiger partial charge in [0.05, 0.1) is 34.6 Å². The quantitative estimate of drug-likeness (QED) is 0.261. The molecule has 1 atom stereocenters. The van der Waals surface area contributed by atoms with Gasteiger partial charge in [0.2, 0.25) is 5.88 Å². The molecule has 4 aromatic rings. The smallest absolute Gasteiger partial charge is 0.274 e. The van der Waals surface area contributed by atoms with Crippen molar-refractivity contribution in [3.8, 4) is 28.3 Å². The predicted octanol–water partition coefficient (Wildman–Crippen LogP) is 5.85. The van der Waals surface area contributed by atoms with Crippen molar-refractivity contribution in [3.63, 3.8) is 0 Å². The molecule has 3 heterocycles. The molecule has 2 aliphatic rings. The number of β-amino-alcohol motifs (C(OH)–C–C–N with tert-alkyl or cyclic N) is 1. The van der Waals surface area contributed by atoms with Crippen molar-refractivity contribution < 1.29 is 19.4 Å². The number of nitrogens with one attached hydrogen (secondary N) is 1. The number of carbonyl (C=O) groups excluding carboxylic acids is 2. The maximum absolute atomic E-state index is 12.8. The summed E-state index contributed by atoms with van der Waals surface area (Å²) < 4.78 is 5.74. The summed E-state index contributed by atoms with van der Waals surface area (Å²) in [5, 5.41) is 13.4. The molecule has 2 aromatic carbocycles. The molecule has 6 rings (SSSR count). The van der Waals surface area contributed by atoms with Gasteiger partial charge in [-0.05, 0) is 42.7 Å². The van der Waals surface area contributed by atoms with E-state index in [1.807, 2.05) is 24.3 Å². The van der Waals surface area contributed by atoms with E-state index in [-0.39, 0.29) is 17.8 Å². The summed E-state index contributed by atoms with van der Waals surface area (Å²) in [7, 11) is 1.62. The van der Waals surface area contributed by atoms with Gasteiger partial charge in [0, 0.05) is 53.1 Å². The lowest BCUT2D eigenvalue weighted by Gasteiger charge is -2.40. The van der Waals surface area contributed by atoms with E-state index in [1.165, 1.54) is 18.3 Å². The minimum absolute atomic E-state index is 0.154. The highest BCUT2D eigenvalue weighted by Gasteiger charge is 2.38. The SMILES string of the molecule is COc1nc(-c2cccc(-c3cccc(NC(=O)c4ccc(C=O)cn4)c3Cl)c2Cl)cc2c1C(N1CC(O)C1)CC2. The molecule has 1 amide bonds. The Labute approximate surface area is 246 Å². The van der Waals surface area contributed by atoms with E-state index in [4.69, 9.17) is 32.9 Å². The Bertz CT molecular complexity index is 1660. The maximum atomic E-state index is 12.8. The van der Waals surface area contributed by atoms with Crippen molar-refractivity contribution >= 4 is 41.1 Å². The van der Waals surface area contributed by atoms with Crippen LogP contribution in [0.2, 0.25) is 10.0 Å². The maximum Gasteiger partial charge on any atom is 0.274 e. The number of rotatable bonds is 7. The summed E-state index contributed by atoms with van der Waals surface area (Å²) >= 11 is 13.8. The molecule has 2 N–H and O–H groups in total. The van der Waals surface area contributed by atoms with Crippen molar-refractivity contribution in [1.82, 2.24) is 14.9 Å². The molecule has 41 heavy (non-hydrogen) atoms. The summed E-state index contributed by atoms with van der Waals surface area (Å²) in [5.41, 5.74) is 5.94. The second kappa shape index (κ2) is 11.2. The van der Waals surface area contributed by atoms with Gasteiger partial charge in [0.1, 0.15) is 5.69 Å². The molecule has 0 radical (unpaired) electrons. The zero-order valence-electron chi connectivity index (χ0n) is 22.1. The van der Waals surface area contributed by atoms with Crippen molar-refractivity contribution in [2.75, 3.05) is 25.5 Å². The molecule has 1 aliphatic carbocycles. The summed E-state index contributed by atoms with van der Waals surface area (Å²) in [4.78, 5) is 34.8. The minimum atomic E-state index is -0.457. The number of carbonyl (C=O) groups is 2. The number of methoxy groups -OCH3 is 1. The number of halogens is 2. The monoisotopic (exact) mass is 588 g/mol. The molecule has 1 aliphatic heterocycles. The van der Waals surface area contributed by atoms with Crippen LogP contribution in [0.1, 0.15) is 44.4 Å². The highest BCUT2D eigenvalue weighted by Crippen LogP contribution is 2.46. The lowest BCUT2D eigenvalue weighted by molar-refractivity contribution is -0.0256. The number of benzene rings is 2. The van der Waals surface area contributed by atoms with Gasteiger partial charge in [-0.15, -0.1) is 0 Å². The Hall–Kier alpha value is -3.82. The Balaban J connectivity index is 1.32. The third kappa shape index (κ3) is 5.08. The van der Waals surface area contributed by atoms with E-state index in [0.717, 1.165) is 29.5 Å². The number of anilines is 1. The fourth-order valence-electron chi connectivity index (χ4n) is 5.55. The van der Waals surface area contributed by atoms with Crippen molar-refractivity contribution in [2.45, 2.75) is 25.0 Å². The molecular formula is C31H26Cl2N4O4. The largest absolute Gasteiger partial charge is 0.481 e. The number of aromatic nitrogens is 2. The average molecular weight is 589 g/mol. The Morgan fingerprint density at radius 1 is 1.07 bits per heavy atom. The van der Waals surface area contributed by atoms with Crippen LogP contribution in [0.25, 0.3) is 22.4 Å². The van der Waals surface area contributed by atoms with Crippen LogP contribution in [-0.4, -0.2) is 58.5 Å². The van der Waals surface area contributed by atoms with Gasteiger partial charge < -0.3 is 15.2 Å². The van der Waals surface area contributed by atoms with E-state index in [2.05, 4.69) is 21.3 Å². The number of amides is 1. The van der Waals surface area contributed by atoms with Gasteiger partial charge in [-0.25, -0.2) is 4.98 Å². The van der Waals surface area contributed by atoms with Crippen LogP contribution in [0, 0.1) is 0 Å². The van der Waals surface area contributed by atoms with E-state index >= 15 is 0 Å². The Morgan fingerprint density at radius 3 is 2.49 bits per heavy atom. The van der Waals surface area contributed by atoms with E-state index in [9.17, 15) is 14.7 Å². The molecule has 0 saturated carbocycles. The van der Waals surface area contributed by atoms with E-state index in [0.29, 0.717) is 63.4 Å². The molecule has 208 valence electrons. The summed E-state index contributed by atoms with van der Waals surface area (Å²) in [6.07, 6.45) is 3.56. The summed E-state index contributed by atoms with van der Waals surface area (Å²) in [6.45, 7) is 1.32. The predicted molar refractivity (Wildman–Crippen MR) is 158 cm³/mol. The number of likely N-dealkylation sites (tertiary alicyclic amines) is 1. The van der Waals surface area contributed by atoms with Crippen molar-refractivity contribution in [1.29, 1.82) is 0 Å². The molecular weight excluding hydrogens is 563 g/mol. The first-order valence-corrected chi connectivity index (χ1v) is 13.9. The highest BCUT2D eigenvalue weighted by molar-refractivity contribution is 6.39. The van der Waals surface area contributed by atoms with Crippen LogP contribution in [0.15, 0.2) is 60.8 Å². The number of aliphatic hydroxyl groups is 1. The van der Waals surface area contributed by atoms with Crippen LogP contribution in [0.4, 0.5) is 5.69 Å². The first-order valence-electron chi connectivity index (χ1n) is 13.2. The molecule has 0 bridgehead atoms. The van der Waals surface area contributed by atoms with Gasteiger partial charge in [-0.2, -0.15) is 0 Å². The zero-order chi connectivity index (χ0) is 28.7.